The Morgan fingerprint density at radius 1 is 0.833 bits per heavy atom. The van der Waals surface area contributed by atoms with Gasteiger partial charge in [-0.3, -0.25) is 4.79 Å². The molecule has 120 valence electrons. The van der Waals surface area contributed by atoms with Crippen LogP contribution in [-0.4, -0.2) is 17.1 Å². The molecule has 0 spiro atoms. The molecule has 0 bridgehead atoms. The second-order valence-electron chi connectivity index (χ2n) is 5.34. The Kier molecular flexibility index (Phi) is 4.43. The lowest BCUT2D eigenvalue weighted by Crippen LogP contribution is -2.36. The van der Waals surface area contributed by atoms with Crippen LogP contribution in [0.3, 0.4) is 0 Å². The molecule has 2 amide bonds. The molecule has 0 saturated heterocycles. The van der Waals surface area contributed by atoms with Crippen LogP contribution in [0, 0.1) is 0 Å². The largest absolute Gasteiger partial charge is 0.465 e. The number of benzene rings is 3. The summed E-state index contributed by atoms with van der Waals surface area (Å²) in [5.74, 6) is -0.432. The van der Waals surface area contributed by atoms with Gasteiger partial charge in [-0.05, 0) is 28.5 Å². The molecule has 5 nitrogen and oxygen atoms in total. The lowest BCUT2D eigenvalue weighted by atomic mass is 10.1. The topological polar surface area (TPSA) is 78.4 Å². The third-order valence-corrected chi connectivity index (χ3v) is 3.68. The highest BCUT2D eigenvalue weighted by atomic mass is 16.4. The van der Waals surface area contributed by atoms with Crippen LogP contribution >= 0.6 is 0 Å². The van der Waals surface area contributed by atoms with Crippen LogP contribution in [0.4, 0.5) is 10.5 Å². The van der Waals surface area contributed by atoms with Crippen molar-refractivity contribution in [3.05, 3.63) is 78.4 Å². The Morgan fingerprint density at radius 3 is 2.21 bits per heavy atom. The van der Waals surface area contributed by atoms with Gasteiger partial charge in [0.2, 0.25) is 0 Å². The van der Waals surface area contributed by atoms with Gasteiger partial charge in [0, 0.05) is 5.69 Å². The number of hydrogen-bond donors (Lipinski definition) is 3. The Labute approximate surface area is 138 Å². The first-order chi connectivity index (χ1) is 11.6. The van der Waals surface area contributed by atoms with Gasteiger partial charge < -0.3 is 15.7 Å². The summed E-state index contributed by atoms with van der Waals surface area (Å²) in [6, 6.07) is 21.1. The second kappa shape index (κ2) is 6.83. The lowest BCUT2D eigenvalue weighted by molar-refractivity contribution is -0.118. The number of amides is 2. The van der Waals surface area contributed by atoms with Crippen LogP contribution in [0.1, 0.15) is 11.6 Å². The molecule has 0 radical (unpaired) electrons. The molecule has 3 rings (SSSR count). The Hall–Kier alpha value is -3.34. The molecule has 0 saturated carbocycles. The number of carbonyl (C=O) groups is 2. The average molecular weight is 320 g/mol. The first kappa shape index (κ1) is 15.6. The highest BCUT2D eigenvalue weighted by Crippen LogP contribution is 2.21. The predicted molar refractivity (Wildman–Crippen MR) is 92.9 cm³/mol. The van der Waals surface area contributed by atoms with E-state index in [0.717, 1.165) is 10.8 Å². The molecule has 0 fully saturated rings. The third-order valence-electron chi connectivity index (χ3n) is 3.68. The number of fused-ring (bicyclic) bond motifs is 1. The standard InChI is InChI=1S/C19H16N2O3/c22-18(17(21-19(23)24)14-7-2-1-3-8-14)20-16-11-10-13-6-4-5-9-15(13)12-16/h1-12,17,21H,(H,20,22)(H,23,24). The van der Waals surface area contributed by atoms with Gasteiger partial charge in [0.25, 0.3) is 5.91 Å². The zero-order chi connectivity index (χ0) is 16.9. The molecular formula is C19H16N2O3. The molecule has 0 aliphatic rings. The number of hydrogen-bond acceptors (Lipinski definition) is 2. The number of nitrogens with one attached hydrogen (secondary N) is 2. The molecule has 0 aromatic heterocycles. The maximum absolute atomic E-state index is 12.5. The zero-order valence-electron chi connectivity index (χ0n) is 12.8. The van der Waals surface area contributed by atoms with Crippen molar-refractivity contribution in [2.45, 2.75) is 6.04 Å². The summed E-state index contributed by atoms with van der Waals surface area (Å²) in [5, 5.41) is 16.1. The highest BCUT2D eigenvalue weighted by molar-refractivity contribution is 5.99. The van der Waals surface area contributed by atoms with Gasteiger partial charge in [0.1, 0.15) is 6.04 Å². The van der Waals surface area contributed by atoms with E-state index in [1.54, 1.807) is 30.3 Å². The summed E-state index contributed by atoms with van der Waals surface area (Å²) in [7, 11) is 0. The van der Waals surface area contributed by atoms with Crippen LogP contribution in [0.15, 0.2) is 72.8 Å². The summed E-state index contributed by atoms with van der Waals surface area (Å²) in [6.07, 6.45) is -1.25. The van der Waals surface area contributed by atoms with Crippen LogP contribution in [0.25, 0.3) is 10.8 Å². The van der Waals surface area contributed by atoms with E-state index >= 15 is 0 Å². The van der Waals surface area contributed by atoms with E-state index in [4.69, 9.17) is 5.11 Å². The maximum atomic E-state index is 12.5. The van der Waals surface area contributed by atoms with Crippen LogP contribution in [0.2, 0.25) is 0 Å². The fraction of sp³-hybridized carbons (Fsp3) is 0.0526. The fourth-order valence-electron chi connectivity index (χ4n) is 2.55. The molecule has 3 aromatic carbocycles. The van der Waals surface area contributed by atoms with E-state index < -0.39 is 18.0 Å². The number of rotatable bonds is 4. The van der Waals surface area contributed by atoms with E-state index in [-0.39, 0.29) is 0 Å². The van der Waals surface area contributed by atoms with Crippen molar-refractivity contribution in [1.82, 2.24) is 5.32 Å². The molecule has 1 unspecified atom stereocenters. The van der Waals surface area contributed by atoms with Gasteiger partial charge in [-0.1, -0.05) is 60.7 Å². The van der Waals surface area contributed by atoms with Gasteiger partial charge in [0.15, 0.2) is 0 Å². The lowest BCUT2D eigenvalue weighted by Gasteiger charge is -2.17. The number of anilines is 1. The van der Waals surface area contributed by atoms with Crippen molar-refractivity contribution in [3.8, 4) is 0 Å². The first-order valence-corrected chi connectivity index (χ1v) is 7.47. The van der Waals surface area contributed by atoms with Gasteiger partial charge in [-0.25, -0.2) is 4.79 Å². The summed E-state index contributed by atoms with van der Waals surface area (Å²) in [5.41, 5.74) is 1.20. The van der Waals surface area contributed by atoms with E-state index in [9.17, 15) is 9.59 Å². The predicted octanol–water partition coefficient (Wildman–Crippen LogP) is 3.79. The van der Waals surface area contributed by atoms with Gasteiger partial charge in [0.05, 0.1) is 0 Å². The first-order valence-electron chi connectivity index (χ1n) is 7.47. The summed E-state index contributed by atoms with van der Waals surface area (Å²) in [6.45, 7) is 0. The Morgan fingerprint density at radius 2 is 1.50 bits per heavy atom. The quantitative estimate of drug-likeness (QED) is 0.684. The minimum atomic E-state index is -1.25. The van der Waals surface area contributed by atoms with Crippen molar-refractivity contribution < 1.29 is 14.7 Å². The van der Waals surface area contributed by atoms with Crippen molar-refractivity contribution in [1.29, 1.82) is 0 Å². The zero-order valence-corrected chi connectivity index (χ0v) is 12.8. The van der Waals surface area contributed by atoms with Gasteiger partial charge in [-0.15, -0.1) is 0 Å². The van der Waals surface area contributed by atoms with Crippen molar-refractivity contribution in [2.75, 3.05) is 5.32 Å². The maximum Gasteiger partial charge on any atom is 0.405 e. The monoisotopic (exact) mass is 320 g/mol. The SMILES string of the molecule is O=C(O)NC(C(=O)Nc1ccc2ccccc2c1)c1ccccc1. The van der Waals surface area contributed by atoms with Crippen LogP contribution in [0.5, 0.6) is 0 Å². The highest BCUT2D eigenvalue weighted by Gasteiger charge is 2.22. The molecule has 24 heavy (non-hydrogen) atoms. The van der Waals surface area contributed by atoms with Crippen molar-refractivity contribution >= 4 is 28.5 Å². The molecule has 0 aliphatic heterocycles. The molecule has 1 atom stereocenters. The number of carboxylic acid groups (broad SMARTS) is 1. The summed E-state index contributed by atoms with van der Waals surface area (Å²) < 4.78 is 0. The molecule has 3 aromatic rings. The van der Waals surface area contributed by atoms with Crippen LogP contribution in [-0.2, 0) is 4.79 Å². The van der Waals surface area contributed by atoms with E-state index in [2.05, 4.69) is 10.6 Å². The number of carbonyl (C=O) groups excluding carboxylic acids is 1. The van der Waals surface area contributed by atoms with Crippen LogP contribution < -0.4 is 10.6 Å². The smallest absolute Gasteiger partial charge is 0.405 e. The minimum absolute atomic E-state index is 0.432. The van der Waals surface area contributed by atoms with Gasteiger partial charge >= 0.3 is 6.09 Å². The van der Waals surface area contributed by atoms with E-state index in [1.807, 2.05) is 42.5 Å². The summed E-state index contributed by atoms with van der Waals surface area (Å²) in [4.78, 5) is 23.6. The molecule has 0 heterocycles. The minimum Gasteiger partial charge on any atom is -0.465 e. The van der Waals surface area contributed by atoms with Crippen molar-refractivity contribution in [2.24, 2.45) is 0 Å². The summed E-state index contributed by atoms with van der Waals surface area (Å²) >= 11 is 0. The fourth-order valence-corrected chi connectivity index (χ4v) is 2.55. The molecule has 3 N–H and O–H groups in total. The van der Waals surface area contributed by atoms with Crippen molar-refractivity contribution in [3.63, 3.8) is 0 Å². The molecule has 5 heteroatoms. The van der Waals surface area contributed by atoms with E-state index in [1.165, 1.54) is 0 Å². The third kappa shape index (κ3) is 3.52. The second-order valence-corrected chi connectivity index (χ2v) is 5.34. The van der Waals surface area contributed by atoms with E-state index in [0.29, 0.717) is 11.3 Å². The average Bonchev–Trinajstić information content (AvgIpc) is 2.60. The normalized spacial score (nSPS) is 11.7. The molecular weight excluding hydrogens is 304 g/mol. The Balaban J connectivity index is 1.85. The Bertz CT molecular complexity index is 878. The van der Waals surface area contributed by atoms with Gasteiger partial charge in [-0.2, -0.15) is 0 Å². The molecule has 0 aliphatic carbocycles.